The number of benzene rings is 1. The predicted molar refractivity (Wildman–Crippen MR) is 82.2 cm³/mol. The van der Waals surface area contributed by atoms with Crippen LogP contribution >= 0.6 is 0 Å². The van der Waals surface area contributed by atoms with Gasteiger partial charge in [0.1, 0.15) is 0 Å². The summed E-state index contributed by atoms with van der Waals surface area (Å²) in [6.07, 6.45) is 7.45. The number of nitrogens with zero attached hydrogens (tertiary/aromatic N) is 1. The number of carboxylic acid groups (broad SMARTS) is 1. The fourth-order valence-electron chi connectivity index (χ4n) is 2.17. The van der Waals surface area contributed by atoms with Crippen LogP contribution < -0.4 is 5.32 Å². The Morgan fingerprint density at radius 2 is 2.10 bits per heavy atom. The first-order valence-corrected chi connectivity index (χ1v) is 6.96. The molecule has 1 heterocycles. The summed E-state index contributed by atoms with van der Waals surface area (Å²) in [5.74, 6) is -0.928. The van der Waals surface area contributed by atoms with Gasteiger partial charge in [0.25, 0.3) is 0 Å². The van der Waals surface area contributed by atoms with Gasteiger partial charge in [0.2, 0.25) is 0 Å². The van der Waals surface area contributed by atoms with E-state index in [4.69, 9.17) is 5.11 Å². The molecule has 0 radical (unpaired) electrons. The van der Waals surface area contributed by atoms with Gasteiger partial charge in [-0.05, 0) is 43.5 Å². The lowest BCUT2D eigenvalue weighted by molar-refractivity contribution is 0.0697. The van der Waals surface area contributed by atoms with E-state index in [-0.39, 0.29) is 5.56 Å². The number of aromatic nitrogens is 1. The molecule has 2 aromatic rings. The third-order valence-electron chi connectivity index (χ3n) is 3.61. The van der Waals surface area contributed by atoms with E-state index >= 15 is 0 Å². The van der Waals surface area contributed by atoms with E-state index in [9.17, 15) is 4.79 Å². The molecule has 4 nitrogen and oxygen atoms in total. The standard InChI is InChI=1S/C17H16N2O2/c20-17(21)14-6-2-5-13(9-14)16-8-7-15(11-19-16)18-10-12-3-1-4-12/h2,5-11,18H,1,3-4H2,(H,20,21). The number of hydrogen-bond donors (Lipinski definition) is 2. The van der Waals surface area contributed by atoms with Crippen molar-refractivity contribution in [2.75, 3.05) is 5.32 Å². The predicted octanol–water partition coefficient (Wildman–Crippen LogP) is 3.93. The molecule has 3 rings (SSSR count). The maximum atomic E-state index is 11.0. The zero-order valence-corrected chi connectivity index (χ0v) is 11.5. The smallest absolute Gasteiger partial charge is 0.335 e. The number of rotatable bonds is 4. The number of pyridine rings is 1. The molecule has 0 spiro atoms. The van der Waals surface area contributed by atoms with E-state index in [1.54, 1.807) is 24.4 Å². The minimum atomic E-state index is -0.928. The molecule has 106 valence electrons. The number of allylic oxidation sites excluding steroid dienone is 1. The van der Waals surface area contributed by atoms with Gasteiger partial charge < -0.3 is 10.4 Å². The van der Waals surface area contributed by atoms with Gasteiger partial charge in [0, 0.05) is 11.8 Å². The lowest BCUT2D eigenvalue weighted by Crippen LogP contribution is -2.00. The Kier molecular flexibility index (Phi) is 3.69. The molecule has 1 aromatic heterocycles. The number of nitrogens with one attached hydrogen (secondary N) is 1. The minimum Gasteiger partial charge on any atom is -0.478 e. The summed E-state index contributed by atoms with van der Waals surface area (Å²) in [4.78, 5) is 15.4. The fourth-order valence-corrected chi connectivity index (χ4v) is 2.17. The van der Waals surface area contributed by atoms with Gasteiger partial charge in [0.05, 0.1) is 23.1 Å². The molecule has 2 N–H and O–H groups in total. The average Bonchev–Trinajstić information content (AvgIpc) is 2.46. The van der Waals surface area contributed by atoms with Crippen LogP contribution in [0.4, 0.5) is 5.69 Å². The van der Waals surface area contributed by atoms with Crippen LogP contribution in [0.15, 0.2) is 54.4 Å². The Morgan fingerprint density at radius 3 is 2.71 bits per heavy atom. The normalized spacial score (nSPS) is 13.4. The zero-order valence-electron chi connectivity index (χ0n) is 11.5. The molecule has 1 aromatic carbocycles. The van der Waals surface area contributed by atoms with Crippen LogP contribution in [0, 0.1) is 0 Å². The first kappa shape index (κ1) is 13.4. The molecule has 4 heteroatoms. The van der Waals surface area contributed by atoms with Crippen molar-refractivity contribution in [2.24, 2.45) is 0 Å². The first-order valence-electron chi connectivity index (χ1n) is 6.96. The second kappa shape index (κ2) is 5.79. The quantitative estimate of drug-likeness (QED) is 0.890. The van der Waals surface area contributed by atoms with E-state index in [2.05, 4.69) is 10.3 Å². The molecule has 21 heavy (non-hydrogen) atoms. The average molecular weight is 280 g/mol. The number of hydrogen-bond acceptors (Lipinski definition) is 3. The van der Waals surface area contributed by atoms with Crippen molar-refractivity contribution in [3.8, 4) is 11.3 Å². The summed E-state index contributed by atoms with van der Waals surface area (Å²) in [5, 5.41) is 12.3. The molecule has 1 fully saturated rings. The lowest BCUT2D eigenvalue weighted by Gasteiger charge is -2.16. The summed E-state index contributed by atoms with van der Waals surface area (Å²) in [6.45, 7) is 0. The third-order valence-corrected chi connectivity index (χ3v) is 3.61. The van der Waals surface area contributed by atoms with Gasteiger partial charge >= 0.3 is 5.97 Å². The number of anilines is 1. The van der Waals surface area contributed by atoms with Crippen LogP contribution in [0.5, 0.6) is 0 Å². The van der Waals surface area contributed by atoms with Crippen LogP contribution in [0.1, 0.15) is 29.6 Å². The summed E-state index contributed by atoms with van der Waals surface area (Å²) in [5.41, 5.74) is 4.21. The molecular weight excluding hydrogens is 264 g/mol. The van der Waals surface area contributed by atoms with Crippen LogP contribution in [0.2, 0.25) is 0 Å². The van der Waals surface area contributed by atoms with Gasteiger partial charge in [-0.1, -0.05) is 17.7 Å². The van der Waals surface area contributed by atoms with E-state index in [1.807, 2.05) is 24.4 Å². The van der Waals surface area contributed by atoms with Crippen LogP contribution in [0.3, 0.4) is 0 Å². The van der Waals surface area contributed by atoms with E-state index < -0.39 is 5.97 Å². The molecule has 0 amide bonds. The molecule has 1 saturated carbocycles. The summed E-state index contributed by atoms with van der Waals surface area (Å²) >= 11 is 0. The van der Waals surface area contributed by atoms with Gasteiger partial charge in [-0.2, -0.15) is 0 Å². The topological polar surface area (TPSA) is 62.2 Å². The Balaban J connectivity index is 1.77. The third kappa shape index (κ3) is 3.11. The molecule has 0 aliphatic heterocycles. The van der Waals surface area contributed by atoms with Gasteiger partial charge in [-0.3, -0.25) is 4.98 Å². The highest BCUT2D eigenvalue weighted by Crippen LogP contribution is 2.25. The highest BCUT2D eigenvalue weighted by atomic mass is 16.4. The maximum absolute atomic E-state index is 11.0. The molecule has 0 saturated heterocycles. The summed E-state index contributed by atoms with van der Waals surface area (Å²) in [6, 6.07) is 10.6. The highest BCUT2D eigenvalue weighted by Gasteiger charge is 2.08. The Hall–Kier alpha value is -2.62. The Bertz CT molecular complexity index is 684. The highest BCUT2D eigenvalue weighted by molar-refractivity contribution is 5.89. The van der Waals surface area contributed by atoms with Crippen molar-refractivity contribution < 1.29 is 9.90 Å². The van der Waals surface area contributed by atoms with E-state index in [0.717, 1.165) is 16.9 Å². The second-order valence-corrected chi connectivity index (χ2v) is 5.12. The van der Waals surface area contributed by atoms with Crippen LogP contribution in [0.25, 0.3) is 11.3 Å². The van der Waals surface area contributed by atoms with Crippen molar-refractivity contribution in [1.29, 1.82) is 0 Å². The second-order valence-electron chi connectivity index (χ2n) is 5.12. The van der Waals surface area contributed by atoms with Crippen molar-refractivity contribution in [3.63, 3.8) is 0 Å². The van der Waals surface area contributed by atoms with Crippen molar-refractivity contribution in [3.05, 3.63) is 59.9 Å². The summed E-state index contributed by atoms with van der Waals surface area (Å²) in [7, 11) is 0. The van der Waals surface area contributed by atoms with Crippen molar-refractivity contribution in [2.45, 2.75) is 19.3 Å². The maximum Gasteiger partial charge on any atom is 0.335 e. The van der Waals surface area contributed by atoms with Crippen LogP contribution in [-0.2, 0) is 0 Å². The lowest BCUT2D eigenvalue weighted by atomic mass is 9.94. The first-order chi connectivity index (χ1) is 10.2. The van der Waals surface area contributed by atoms with Gasteiger partial charge in [0.15, 0.2) is 0 Å². The summed E-state index contributed by atoms with van der Waals surface area (Å²) < 4.78 is 0. The number of carboxylic acids is 1. The molecule has 0 bridgehead atoms. The zero-order chi connectivity index (χ0) is 14.7. The molecule has 1 aliphatic rings. The Labute approximate surface area is 123 Å². The van der Waals surface area contributed by atoms with Crippen LogP contribution in [-0.4, -0.2) is 16.1 Å². The van der Waals surface area contributed by atoms with Crippen molar-refractivity contribution >= 4 is 11.7 Å². The molecular formula is C17H16N2O2. The van der Waals surface area contributed by atoms with E-state index in [1.165, 1.54) is 24.8 Å². The molecule has 1 aliphatic carbocycles. The molecule has 0 atom stereocenters. The monoisotopic (exact) mass is 280 g/mol. The van der Waals surface area contributed by atoms with E-state index in [0.29, 0.717) is 0 Å². The number of aromatic carboxylic acids is 1. The number of carbonyl (C=O) groups is 1. The Morgan fingerprint density at radius 1 is 1.24 bits per heavy atom. The van der Waals surface area contributed by atoms with Crippen molar-refractivity contribution in [1.82, 2.24) is 4.98 Å². The fraction of sp³-hybridized carbons (Fsp3) is 0.176. The SMILES string of the molecule is O=C(O)c1cccc(-c2ccc(NC=C3CCC3)cn2)c1. The largest absolute Gasteiger partial charge is 0.478 e. The minimum absolute atomic E-state index is 0.270. The van der Waals surface area contributed by atoms with Gasteiger partial charge in [-0.25, -0.2) is 4.79 Å². The molecule has 0 unspecified atom stereocenters. The van der Waals surface area contributed by atoms with Gasteiger partial charge in [-0.15, -0.1) is 0 Å².